The summed E-state index contributed by atoms with van der Waals surface area (Å²) in [4.78, 5) is 2.43. The van der Waals surface area contributed by atoms with Gasteiger partial charge < -0.3 is 9.32 Å². The molecule has 10 rings (SSSR count). The SMILES string of the molecule is c1ccc(-c2ccc(N(c3c(-c4ccccc4)ccc4c3oc3cc5ccccc5cc34)c3cccc4c3sc3ccccc34)cc2)cc1. The minimum atomic E-state index is 0.872. The predicted octanol–water partition coefficient (Wildman–Crippen LogP) is 13.9. The molecule has 0 aliphatic heterocycles. The van der Waals surface area contributed by atoms with Crippen molar-refractivity contribution in [2.45, 2.75) is 0 Å². The van der Waals surface area contributed by atoms with E-state index in [-0.39, 0.29) is 0 Å². The third kappa shape index (κ3) is 4.55. The second kappa shape index (κ2) is 11.2. The van der Waals surface area contributed by atoms with E-state index < -0.39 is 0 Å². The fraction of sp³-hybridized carbons (Fsp3) is 0. The molecule has 0 N–H and O–H groups in total. The van der Waals surface area contributed by atoms with Crippen LogP contribution in [0.2, 0.25) is 0 Å². The third-order valence-electron chi connectivity index (χ3n) is 9.65. The Kier molecular flexibility index (Phi) is 6.39. The predicted molar refractivity (Wildman–Crippen MR) is 210 cm³/mol. The summed E-state index contributed by atoms with van der Waals surface area (Å²) in [5.74, 6) is 0. The Balaban J connectivity index is 1.32. The first-order valence-electron chi connectivity index (χ1n) is 16.6. The minimum absolute atomic E-state index is 0.872. The molecule has 0 spiro atoms. The molecule has 0 radical (unpaired) electrons. The average Bonchev–Trinajstić information content (AvgIpc) is 3.73. The number of fused-ring (bicyclic) bond motifs is 7. The number of hydrogen-bond donors (Lipinski definition) is 0. The fourth-order valence-electron chi connectivity index (χ4n) is 7.31. The van der Waals surface area contributed by atoms with Crippen LogP contribution in [0.1, 0.15) is 0 Å². The minimum Gasteiger partial charge on any atom is -0.454 e. The standard InChI is InChI=1S/C46H29NOS/c1-3-12-30(13-4-1)31-22-24-35(25-23-31)47(41-20-11-19-39-37-18-9-10-21-43(37)49-46(39)41)44-36(32-14-5-2-6-15-32)26-27-38-40-28-33-16-7-8-17-34(33)29-42(40)48-45(38)44/h1-29H. The van der Waals surface area contributed by atoms with Gasteiger partial charge in [0.15, 0.2) is 5.58 Å². The van der Waals surface area contributed by atoms with E-state index in [1.807, 2.05) is 11.3 Å². The van der Waals surface area contributed by atoms with E-state index >= 15 is 0 Å². The highest BCUT2D eigenvalue weighted by Gasteiger charge is 2.26. The van der Waals surface area contributed by atoms with E-state index in [4.69, 9.17) is 4.42 Å². The maximum atomic E-state index is 7.00. The lowest BCUT2D eigenvalue weighted by Crippen LogP contribution is -2.12. The highest BCUT2D eigenvalue weighted by molar-refractivity contribution is 7.26. The summed E-state index contributed by atoms with van der Waals surface area (Å²) in [6.45, 7) is 0. The number of nitrogens with zero attached hydrogens (tertiary/aromatic N) is 1. The molecule has 0 unspecified atom stereocenters. The van der Waals surface area contributed by atoms with Crippen molar-refractivity contribution in [3.63, 3.8) is 0 Å². The van der Waals surface area contributed by atoms with Gasteiger partial charge in [-0.15, -0.1) is 11.3 Å². The van der Waals surface area contributed by atoms with Crippen molar-refractivity contribution in [2.24, 2.45) is 0 Å². The van der Waals surface area contributed by atoms with Crippen LogP contribution in [0.4, 0.5) is 17.1 Å². The summed E-state index contributed by atoms with van der Waals surface area (Å²) in [6, 6.07) is 63.1. The molecule has 230 valence electrons. The largest absolute Gasteiger partial charge is 0.454 e. The zero-order chi connectivity index (χ0) is 32.3. The molecule has 49 heavy (non-hydrogen) atoms. The highest BCUT2D eigenvalue weighted by Crippen LogP contribution is 2.51. The van der Waals surface area contributed by atoms with E-state index in [2.05, 4.69) is 181 Å². The van der Waals surface area contributed by atoms with Crippen molar-refractivity contribution in [3.8, 4) is 22.3 Å². The van der Waals surface area contributed by atoms with Gasteiger partial charge in [0.1, 0.15) is 5.58 Å². The van der Waals surface area contributed by atoms with Gasteiger partial charge in [0.2, 0.25) is 0 Å². The smallest absolute Gasteiger partial charge is 0.160 e. The number of hydrogen-bond acceptors (Lipinski definition) is 3. The molecule has 10 aromatic rings. The molecule has 8 aromatic carbocycles. The van der Waals surface area contributed by atoms with Gasteiger partial charge in [-0.3, -0.25) is 0 Å². The molecule has 0 aliphatic rings. The van der Waals surface area contributed by atoms with Crippen LogP contribution in [0.3, 0.4) is 0 Å². The van der Waals surface area contributed by atoms with Gasteiger partial charge in [-0.25, -0.2) is 0 Å². The van der Waals surface area contributed by atoms with Gasteiger partial charge in [0.05, 0.1) is 16.1 Å². The molecule has 0 bridgehead atoms. The lowest BCUT2D eigenvalue weighted by molar-refractivity contribution is 0.670. The lowest BCUT2D eigenvalue weighted by Gasteiger charge is -2.28. The first-order valence-corrected chi connectivity index (χ1v) is 17.4. The van der Waals surface area contributed by atoms with Crippen molar-refractivity contribution in [1.29, 1.82) is 0 Å². The number of rotatable bonds is 5. The summed E-state index contributed by atoms with van der Waals surface area (Å²) in [5, 5.41) is 7.13. The van der Waals surface area contributed by atoms with Crippen LogP contribution in [0.15, 0.2) is 180 Å². The zero-order valence-electron chi connectivity index (χ0n) is 26.5. The summed E-state index contributed by atoms with van der Waals surface area (Å²) in [6.07, 6.45) is 0. The van der Waals surface area contributed by atoms with Gasteiger partial charge in [-0.1, -0.05) is 133 Å². The lowest BCUT2D eigenvalue weighted by atomic mass is 9.98. The Hall–Kier alpha value is -6.16. The Morgan fingerprint density at radius 3 is 1.90 bits per heavy atom. The topological polar surface area (TPSA) is 16.4 Å². The Bertz CT molecular complexity index is 2810. The molecule has 2 nitrogen and oxygen atoms in total. The number of furan rings is 1. The molecule has 0 fully saturated rings. The van der Waals surface area contributed by atoms with Crippen LogP contribution in [0.5, 0.6) is 0 Å². The van der Waals surface area contributed by atoms with Crippen molar-refractivity contribution in [2.75, 3.05) is 4.90 Å². The van der Waals surface area contributed by atoms with Gasteiger partial charge >= 0.3 is 0 Å². The average molecular weight is 644 g/mol. The van der Waals surface area contributed by atoms with E-state index in [0.29, 0.717) is 0 Å². The van der Waals surface area contributed by atoms with Crippen molar-refractivity contribution >= 4 is 81.3 Å². The maximum Gasteiger partial charge on any atom is 0.160 e. The number of thiophene rings is 1. The molecule has 0 aliphatic carbocycles. The Morgan fingerprint density at radius 1 is 0.449 bits per heavy atom. The van der Waals surface area contributed by atoms with Crippen LogP contribution >= 0.6 is 11.3 Å². The van der Waals surface area contributed by atoms with E-state index in [0.717, 1.165) is 50.1 Å². The Labute approximate surface area is 287 Å². The summed E-state index contributed by atoms with van der Waals surface area (Å²) < 4.78 is 9.53. The van der Waals surface area contributed by atoms with Gasteiger partial charge in [-0.2, -0.15) is 0 Å². The van der Waals surface area contributed by atoms with Crippen molar-refractivity contribution in [3.05, 3.63) is 176 Å². The summed E-state index contributed by atoms with van der Waals surface area (Å²) in [7, 11) is 0. The zero-order valence-corrected chi connectivity index (χ0v) is 27.3. The van der Waals surface area contributed by atoms with E-state index in [1.54, 1.807) is 0 Å². The molecule has 2 heterocycles. The van der Waals surface area contributed by atoms with E-state index in [9.17, 15) is 0 Å². The quantitative estimate of drug-likeness (QED) is 0.186. The number of anilines is 3. The summed E-state index contributed by atoms with van der Waals surface area (Å²) >= 11 is 1.85. The normalized spacial score (nSPS) is 11.7. The molecule has 0 amide bonds. The van der Waals surface area contributed by atoms with Crippen LogP contribution < -0.4 is 4.90 Å². The molecule has 0 saturated carbocycles. The molecule has 2 aromatic heterocycles. The van der Waals surface area contributed by atoms with E-state index in [1.165, 1.54) is 42.1 Å². The molecule has 0 atom stereocenters. The number of benzene rings is 8. The third-order valence-corrected chi connectivity index (χ3v) is 10.9. The van der Waals surface area contributed by atoms with Crippen molar-refractivity contribution in [1.82, 2.24) is 0 Å². The first-order chi connectivity index (χ1) is 24.3. The molecule has 3 heteroatoms. The fourth-order valence-corrected chi connectivity index (χ4v) is 8.52. The molecule has 0 saturated heterocycles. The van der Waals surface area contributed by atoms with Crippen LogP contribution in [0, 0.1) is 0 Å². The monoisotopic (exact) mass is 643 g/mol. The molecular weight excluding hydrogens is 615 g/mol. The molecular formula is C46H29NOS. The highest BCUT2D eigenvalue weighted by atomic mass is 32.1. The van der Waals surface area contributed by atoms with Gasteiger partial charge in [-0.05, 0) is 69.9 Å². The van der Waals surface area contributed by atoms with Crippen LogP contribution in [0.25, 0.3) is 75.1 Å². The first kappa shape index (κ1) is 27.9. The van der Waals surface area contributed by atoms with Gasteiger partial charge in [0, 0.05) is 37.5 Å². The maximum absolute atomic E-state index is 7.00. The van der Waals surface area contributed by atoms with Crippen LogP contribution in [-0.2, 0) is 0 Å². The summed E-state index contributed by atoms with van der Waals surface area (Å²) in [5.41, 5.74) is 9.62. The Morgan fingerprint density at radius 2 is 1.10 bits per heavy atom. The van der Waals surface area contributed by atoms with Crippen molar-refractivity contribution < 1.29 is 4.42 Å². The second-order valence-electron chi connectivity index (χ2n) is 12.5. The van der Waals surface area contributed by atoms with Crippen LogP contribution in [-0.4, -0.2) is 0 Å². The second-order valence-corrected chi connectivity index (χ2v) is 13.6. The van der Waals surface area contributed by atoms with Gasteiger partial charge in [0.25, 0.3) is 0 Å².